The number of carbonyl (C=O) groups is 3. The molecule has 2 aliphatic rings. The van der Waals surface area contributed by atoms with Crippen LogP contribution < -0.4 is 5.32 Å². The normalized spacial score (nSPS) is 18.1. The molecular weight excluding hydrogens is 474 g/mol. The van der Waals surface area contributed by atoms with Crippen molar-refractivity contribution in [1.29, 1.82) is 0 Å². The van der Waals surface area contributed by atoms with Crippen molar-refractivity contribution in [2.75, 3.05) is 26.2 Å². The standard InChI is InChI=1S/C24H25N3O5S2/c1-17-7-9-18(10-8-17)15-21-23(29)27(24(30)33-21)14-11-25-22(28)19-5-4-6-20(16-19)34(31,32)26-12-2-3-13-26/h4-10,15-16H,2-3,11-14H2,1H3,(H,25,28)/b21-15-. The molecule has 0 aromatic heterocycles. The number of sulfonamides is 1. The van der Waals surface area contributed by atoms with Gasteiger partial charge in [-0.05, 0) is 61.4 Å². The number of aryl methyl sites for hydroxylation is 1. The zero-order valence-corrected chi connectivity index (χ0v) is 20.3. The lowest BCUT2D eigenvalue weighted by atomic mass is 10.1. The highest BCUT2D eigenvalue weighted by Crippen LogP contribution is 2.32. The van der Waals surface area contributed by atoms with Gasteiger partial charge in [0.15, 0.2) is 0 Å². The number of nitrogens with zero attached hydrogens (tertiary/aromatic N) is 2. The van der Waals surface area contributed by atoms with Gasteiger partial charge in [-0.1, -0.05) is 35.9 Å². The molecule has 4 rings (SSSR count). The summed E-state index contributed by atoms with van der Waals surface area (Å²) in [4.78, 5) is 39.1. The minimum absolute atomic E-state index is 0.0212. The van der Waals surface area contributed by atoms with Gasteiger partial charge in [-0.15, -0.1) is 0 Å². The van der Waals surface area contributed by atoms with Crippen LogP contribution in [0.4, 0.5) is 4.79 Å². The van der Waals surface area contributed by atoms with E-state index in [0.29, 0.717) is 18.0 Å². The predicted octanol–water partition coefficient (Wildman–Crippen LogP) is 3.25. The zero-order chi connectivity index (χ0) is 24.3. The first-order valence-corrected chi connectivity index (χ1v) is 13.2. The number of hydrogen-bond donors (Lipinski definition) is 1. The van der Waals surface area contributed by atoms with Crippen molar-refractivity contribution < 1.29 is 22.8 Å². The second kappa shape index (κ2) is 10.1. The maximum atomic E-state index is 12.8. The SMILES string of the molecule is Cc1ccc(/C=C2\SC(=O)N(CCNC(=O)c3cccc(S(=O)(=O)N4CCCC4)c3)C2=O)cc1. The van der Waals surface area contributed by atoms with Gasteiger partial charge in [0.05, 0.1) is 9.80 Å². The Kier molecular flexibility index (Phi) is 7.20. The lowest BCUT2D eigenvalue weighted by Crippen LogP contribution is -2.37. The Balaban J connectivity index is 1.36. The molecule has 178 valence electrons. The van der Waals surface area contributed by atoms with Crippen LogP contribution in [0.15, 0.2) is 58.3 Å². The molecule has 0 spiro atoms. The van der Waals surface area contributed by atoms with Gasteiger partial charge < -0.3 is 5.32 Å². The average molecular weight is 500 g/mol. The average Bonchev–Trinajstić information content (AvgIpc) is 3.46. The number of imide groups is 1. The molecule has 0 bridgehead atoms. The van der Waals surface area contributed by atoms with Crippen molar-refractivity contribution in [3.63, 3.8) is 0 Å². The molecule has 0 unspecified atom stereocenters. The second-order valence-electron chi connectivity index (χ2n) is 8.14. The van der Waals surface area contributed by atoms with E-state index in [2.05, 4.69) is 5.32 Å². The molecule has 10 heteroatoms. The number of amides is 3. The fraction of sp³-hybridized carbons (Fsp3) is 0.292. The minimum atomic E-state index is -3.63. The summed E-state index contributed by atoms with van der Waals surface area (Å²) < 4.78 is 26.9. The summed E-state index contributed by atoms with van der Waals surface area (Å²) in [6, 6.07) is 13.5. The molecule has 34 heavy (non-hydrogen) atoms. The third kappa shape index (κ3) is 5.24. The smallest absolute Gasteiger partial charge is 0.293 e. The van der Waals surface area contributed by atoms with Crippen molar-refractivity contribution in [3.8, 4) is 0 Å². The van der Waals surface area contributed by atoms with Crippen LogP contribution in [0.25, 0.3) is 6.08 Å². The summed E-state index contributed by atoms with van der Waals surface area (Å²) in [7, 11) is -3.63. The van der Waals surface area contributed by atoms with E-state index in [0.717, 1.165) is 40.6 Å². The predicted molar refractivity (Wildman–Crippen MR) is 131 cm³/mol. The number of benzene rings is 2. The topological polar surface area (TPSA) is 104 Å². The first kappa shape index (κ1) is 24.2. The maximum Gasteiger partial charge on any atom is 0.293 e. The monoisotopic (exact) mass is 499 g/mol. The molecule has 2 fully saturated rings. The van der Waals surface area contributed by atoms with E-state index in [4.69, 9.17) is 0 Å². The first-order chi connectivity index (χ1) is 16.3. The summed E-state index contributed by atoms with van der Waals surface area (Å²) in [5.41, 5.74) is 2.13. The number of hydrogen-bond acceptors (Lipinski definition) is 6. The molecule has 2 aliphatic heterocycles. The molecule has 0 aliphatic carbocycles. The first-order valence-electron chi connectivity index (χ1n) is 11.0. The number of rotatable bonds is 7. The van der Waals surface area contributed by atoms with Crippen LogP contribution >= 0.6 is 11.8 Å². The Hall–Kier alpha value is -2.95. The number of thioether (sulfide) groups is 1. The Morgan fingerprint density at radius 3 is 2.50 bits per heavy atom. The third-order valence-electron chi connectivity index (χ3n) is 5.67. The van der Waals surface area contributed by atoms with Crippen LogP contribution in [0.2, 0.25) is 0 Å². The minimum Gasteiger partial charge on any atom is -0.350 e. The van der Waals surface area contributed by atoms with E-state index < -0.39 is 27.1 Å². The Morgan fingerprint density at radius 1 is 1.09 bits per heavy atom. The van der Waals surface area contributed by atoms with Gasteiger partial charge in [0.25, 0.3) is 17.1 Å². The summed E-state index contributed by atoms with van der Waals surface area (Å²) in [5.74, 6) is -0.871. The molecule has 8 nitrogen and oxygen atoms in total. The maximum absolute atomic E-state index is 12.8. The van der Waals surface area contributed by atoms with E-state index in [1.165, 1.54) is 28.6 Å². The van der Waals surface area contributed by atoms with Crippen molar-refractivity contribution in [2.45, 2.75) is 24.7 Å². The molecule has 2 aromatic carbocycles. The van der Waals surface area contributed by atoms with Gasteiger partial charge >= 0.3 is 0 Å². The van der Waals surface area contributed by atoms with Crippen LogP contribution in [0.1, 0.15) is 34.3 Å². The molecule has 2 heterocycles. The molecule has 2 aromatic rings. The summed E-state index contributed by atoms with van der Waals surface area (Å²) in [6.07, 6.45) is 3.33. The van der Waals surface area contributed by atoms with E-state index in [1.54, 1.807) is 6.08 Å². The number of nitrogens with one attached hydrogen (secondary N) is 1. The largest absolute Gasteiger partial charge is 0.350 e. The highest BCUT2D eigenvalue weighted by atomic mass is 32.2. The van der Waals surface area contributed by atoms with Crippen LogP contribution in [0.3, 0.4) is 0 Å². The van der Waals surface area contributed by atoms with Crippen molar-refractivity contribution in [1.82, 2.24) is 14.5 Å². The van der Waals surface area contributed by atoms with Crippen molar-refractivity contribution >= 4 is 44.9 Å². The number of carbonyl (C=O) groups excluding carboxylic acids is 3. The quantitative estimate of drug-likeness (QED) is 0.587. The fourth-order valence-corrected chi connectivity index (χ4v) is 6.19. The van der Waals surface area contributed by atoms with Gasteiger partial charge in [-0.25, -0.2) is 8.42 Å². The molecule has 3 amide bonds. The van der Waals surface area contributed by atoms with Crippen molar-refractivity contribution in [2.24, 2.45) is 0 Å². The molecule has 1 N–H and O–H groups in total. The van der Waals surface area contributed by atoms with E-state index in [9.17, 15) is 22.8 Å². The molecule has 0 radical (unpaired) electrons. The van der Waals surface area contributed by atoms with Crippen LogP contribution in [0, 0.1) is 6.92 Å². The van der Waals surface area contributed by atoms with E-state index in [-0.39, 0.29) is 23.5 Å². The highest BCUT2D eigenvalue weighted by Gasteiger charge is 2.34. The van der Waals surface area contributed by atoms with Crippen LogP contribution in [0.5, 0.6) is 0 Å². The lowest BCUT2D eigenvalue weighted by Gasteiger charge is -2.16. The van der Waals surface area contributed by atoms with Gasteiger partial charge in [0.2, 0.25) is 10.0 Å². The van der Waals surface area contributed by atoms with E-state index >= 15 is 0 Å². The van der Waals surface area contributed by atoms with Gasteiger partial charge in [0.1, 0.15) is 0 Å². The Labute approximate surface area is 203 Å². The lowest BCUT2D eigenvalue weighted by molar-refractivity contribution is -0.122. The molecule has 0 atom stereocenters. The fourth-order valence-electron chi connectivity index (χ4n) is 3.77. The van der Waals surface area contributed by atoms with Gasteiger partial charge in [-0.2, -0.15) is 4.31 Å². The Morgan fingerprint density at radius 2 is 1.79 bits per heavy atom. The van der Waals surface area contributed by atoms with Gasteiger partial charge in [-0.3, -0.25) is 19.3 Å². The van der Waals surface area contributed by atoms with Gasteiger partial charge in [0, 0.05) is 31.7 Å². The molecular formula is C24H25N3O5S2. The second-order valence-corrected chi connectivity index (χ2v) is 11.1. The molecule has 2 saturated heterocycles. The van der Waals surface area contributed by atoms with Crippen LogP contribution in [-0.4, -0.2) is 60.9 Å². The summed E-state index contributed by atoms with van der Waals surface area (Å²) >= 11 is 0.867. The van der Waals surface area contributed by atoms with Crippen LogP contribution in [-0.2, 0) is 14.8 Å². The highest BCUT2D eigenvalue weighted by molar-refractivity contribution is 8.18. The Bertz CT molecular complexity index is 1250. The third-order valence-corrected chi connectivity index (χ3v) is 8.47. The summed E-state index contributed by atoms with van der Waals surface area (Å²) in [5, 5.41) is 2.27. The summed E-state index contributed by atoms with van der Waals surface area (Å²) in [6.45, 7) is 3.00. The van der Waals surface area contributed by atoms with Crippen molar-refractivity contribution in [3.05, 3.63) is 70.1 Å². The molecule has 0 saturated carbocycles. The van der Waals surface area contributed by atoms with E-state index in [1.807, 2.05) is 31.2 Å². The zero-order valence-electron chi connectivity index (χ0n) is 18.7.